The summed E-state index contributed by atoms with van der Waals surface area (Å²) >= 11 is 1.51. The van der Waals surface area contributed by atoms with Gasteiger partial charge in [-0.1, -0.05) is 42.5 Å². The van der Waals surface area contributed by atoms with Gasteiger partial charge in [0, 0.05) is 40.4 Å². The van der Waals surface area contributed by atoms with Crippen molar-refractivity contribution in [2.45, 2.75) is 0 Å². The van der Waals surface area contributed by atoms with Gasteiger partial charge in [-0.25, -0.2) is 9.97 Å². The summed E-state index contributed by atoms with van der Waals surface area (Å²) in [6.45, 7) is 2.44. The Balaban J connectivity index is 1.33. The van der Waals surface area contributed by atoms with E-state index in [4.69, 9.17) is 9.72 Å². The van der Waals surface area contributed by atoms with Crippen molar-refractivity contribution < 1.29 is 9.53 Å². The summed E-state index contributed by atoms with van der Waals surface area (Å²) in [5, 5.41) is 5.26. The Morgan fingerprint density at radius 3 is 2.62 bits per heavy atom. The highest BCUT2D eigenvalue weighted by molar-refractivity contribution is 7.21. The van der Waals surface area contributed by atoms with E-state index in [-0.39, 0.29) is 5.91 Å². The van der Waals surface area contributed by atoms with E-state index in [9.17, 15) is 4.79 Å². The third kappa shape index (κ3) is 4.00. The van der Waals surface area contributed by atoms with Gasteiger partial charge in [-0.05, 0) is 41.5 Å². The van der Waals surface area contributed by atoms with Crippen molar-refractivity contribution in [3.05, 3.63) is 83.9 Å². The molecule has 6 nitrogen and oxygen atoms in total. The molecule has 0 saturated carbocycles. The van der Waals surface area contributed by atoms with E-state index in [0.717, 1.165) is 42.7 Å². The van der Waals surface area contributed by atoms with E-state index >= 15 is 0 Å². The van der Waals surface area contributed by atoms with Crippen LogP contribution in [0.4, 0.5) is 11.6 Å². The highest BCUT2D eigenvalue weighted by atomic mass is 32.1. The molecule has 2 aromatic heterocycles. The van der Waals surface area contributed by atoms with Gasteiger partial charge < -0.3 is 15.0 Å². The van der Waals surface area contributed by atoms with Gasteiger partial charge in [0.15, 0.2) is 0 Å². The van der Waals surface area contributed by atoms with Crippen LogP contribution < -0.4 is 5.32 Å². The molecule has 0 spiro atoms. The Hall–Kier alpha value is -3.81. The van der Waals surface area contributed by atoms with Gasteiger partial charge in [-0.2, -0.15) is 0 Å². The molecule has 0 atom stereocenters. The summed E-state index contributed by atoms with van der Waals surface area (Å²) in [5.74, 6) is 0.584. The van der Waals surface area contributed by atoms with Crippen LogP contribution in [-0.2, 0) is 4.74 Å². The Bertz CT molecular complexity index is 1490. The minimum atomic E-state index is 0.0581. The molecule has 1 aliphatic rings. The number of nitrogens with zero attached hydrogens (tertiary/aromatic N) is 3. The summed E-state index contributed by atoms with van der Waals surface area (Å²) in [6, 6.07) is 24.5. The largest absolute Gasteiger partial charge is 0.378 e. The number of aromatic nitrogens is 2. The molecule has 3 heterocycles. The Labute approximate surface area is 200 Å². The van der Waals surface area contributed by atoms with E-state index in [0.29, 0.717) is 32.3 Å². The minimum absolute atomic E-state index is 0.0581. The fraction of sp³-hybridized carbons (Fsp3) is 0.148. The van der Waals surface area contributed by atoms with E-state index in [1.165, 1.54) is 11.3 Å². The maximum Gasteiger partial charge on any atom is 0.264 e. The number of ether oxygens (including phenoxy) is 1. The normalized spacial score (nSPS) is 13.9. The van der Waals surface area contributed by atoms with Crippen molar-refractivity contribution >= 4 is 49.9 Å². The number of benzene rings is 3. The number of carbonyl (C=O) groups is 1. The van der Waals surface area contributed by atoms with Crippen LogP contribution in [-0.4, -0.2) is 47.1 Å². The highest BCUT2D eigenvalue weighted by Crippen LogP contribution is 2.33. The molecule has 6 rings (SSSR count). The van der Waals surface area contributed by atoms with E-state index in [1.807, 2.05) is 59.6 Å². The lowest BCUT2D eigenvalue weighted by Crippen LogP contribution is -2.40. The number of hydrogen-bond acceptors (Lipinski definition) is 6. The monoisotopic (exact) mass is 466 g/mol. The molecule has 168 valence electrons. The highest BCUT2D eigenvalue weighted by Gasteiger charge is 2.21. The van der Waals surface area contributed by atoms with E-state index < -0.39 is 0 Å². The molecule has 3 aromatic carbocycles. The lowest BCUT2D eigenvalue weighted by atomic mass is 10.1. The fourth-order valence-corrected chi connectivity index (χ4v) is 5.26. The predicted molar refractivity (Wildman–Crippen MR) is 137 cm³/mol. The second-order valence-corrected chi connectivity index (χ2v) is 9.28. The van der Waals surface area contributed by atoms with Crippen LogP contribution in [0.5, 0.6) is 0 Å². The number of morpholine rings is 1. The molecule has 0 radical (unpaired) electrons. The molecule has 5 aromatic rings. The summed E-state index contributed by atoms with van der Waals surface area (Å²) in [5.41, 5.74) is 4.04. The van der Waals surface area contributed by atoms with Crippen LogP contribution in [0, 0.1) is 0 Å². The molecular formula is C27H22N4O2S. The molecule has 0 unspecified atom stereocenters. The first-order valence-corrected chi connectivity index (χ1v) is 12.1. The molecule has 0 bridgehead atoms. The minimum Gasteiger partial charge on any atom is -0.378 e. The average Bonchev–Trinajstić information content (AvgIpc) is 3.34. The molecule has 1 saturated heterocycles. The van der Waals surface area contributed by atoms with Crippen LogP contribution in [0.15, 0.2) is 79.0 Å². The molecule has 1 fully saturated rings. The summed E-state index contributed by atoms with van der Waals surface area (Å²) < 4.78 is 6.42. The number of hydrogen-bond donors (Lipinski definition) is 1. The molecule has 1 aliphatic heterocycles. The fourth-order valence-electron chi connectivity index (χ4n) is 4.23. The van der Waals surface area contributed by atoms with Gasteiger partial charge in [-0.3, -0.25) is 4.79 Å². The number of carbonyl (C=O) groups excluding carboxylic acids is 1. The first-order valence-electron chi connectivity index (χ1n) is 11.2. The van der Waals surface area contributed by atoms with Gasteiger partial charge in [-0.15, -0.1) is 11.3 Å². The first kappa shape index (κ1) is 20.8. The van der Waals surface area contributed by atoms with Crippen LogP contribution in [0.2, 0.25) is 0 Å². The SMILES string of the molecule is O=C(c1cc2c(ccc3cnc(Nc4cccc(-c5ccccc5)c4)nc32)s1)N1CCOCC1. The Kier molecular flexibility index (Phi) is 5.41. The number of amides is 1. The second-order valence-electron chi connectivity index (χ2n) is 8.20. The predicted octanol–water partition coefficient (Wildman–Crippen LogP) is 5.73. The van der Waals surface area contributed by atoms with Crippen LogP contribution >= 0.6 is 11.3 Å². The third-order valence-corrected chi connectivity index (χ3v) is 7.07. The molecular weight excluding hydrogens is 444 g/mol. The lowest BCUT2D eigenvalue weighted by molar-refractivity contribution is 0.0306. The Morgan fingerprint density at radius 2 is 1.76 bits per heavy atom. The van der Waals surface area contributed by atoms with Crippen molar-refractivity contribution in [2.75, 3.05) is 31.6 Å². The standard InChI is InChI=1S/C27H22N4O2S/c32-26(31-11-13-33-14-12-31)24-16-22-23(34-24)10-9-20-17-28-27(30-25(20)22)29-21-8-4-7-19(15-21)18-5-2-1-3-6-18/h1-10,15-17H,11-14H2,(H,28,29,30). The smallest absolute Gasteiger partial charge is 0.264 e. The number of nitrogens with one attached hydrogen (secondary N) is 1. The lowest BCUT2D eigenvalue weighted by Gasteiger charge is -2.26. The number of anilines is 2. The molecule has 1 N–H and O–H groups in total. The topological polar surface area (TPSA) is 67.4 Å². The second kappa shape index (κ2) is 8.85. The zero-order chi connectivity index (χ0) is 22.9. The average molecular weight is 467 g/mol. The summed E-state index contributed by atoms with van der Waals surface area (Å²) in [7, 11) is 0. The van der Waals surface area contributed by atoms with Crippen molar-refractivity contribution in [1.82, 2.24) is 14.9 Å². The van der Waals surface area contributed by atoms with Crippen molar-refractivity contribution in [3.8, 4) is 11.1 Å². The van der Waals surface area contributed by atoms with Gasteiger partial charge in [0.2, 0.25) is 5.95 Å². The van der Waals surface area contributed by atoms with Gasteiger partial charge in [0.1, 0.15) is 0 Å². The van der Waals surface area contributed by atoms with Gasteiger partial charge >= 0.3 is 0 Å². The van der Waals surface area contributed by atoms with E-state index in [2.05, 4.69) is 34.6 Å². The van der Waals surface area contributed by atoms with Crippen molar-refractivity contribution in [1.29, 1.82) is 0 Å². The maximum atomic E-state index is 13.0. The van der Waals surface area contributed by atoms with Crippen molar-refractivity contribution in [3.63, 3.8) is 0 Å². The zero-order valence-electron chi connectivity index (χ0n) is 18.4. The maximum absolute atomic E-state index is 13.0. The molecule has 34 heavy (non-hydrogen) atoms. The Morgan fingerprint density at radius 1 is 0.941 bits per heavy atom. The third-order valence-electron chi connectivity index (χ3n) is 5.98. The number of fused-ring (bicyclic) bond motifs is 3. The van der Waals surface area contributed by atoms with Crippen LogP contribution in [0.1, 0.15) is 9.67 Å². The zero-order valence-corrected chi connectivity index (χ0v) is 19.2. The molecule has 0 aliphatic carbocycles. The van der Waals surface area contributed by atoms with Gasteiger partial charge in [0.25, 0.3) is 5.91 Å². The quantitative estimate of drug-likeness (QED) is 0.367. The van der Waals surface area contributed by atoms with Crippen LogP contribution in [0.3, 0.4) is 0 Å². The molecule has 7 heteroatoms. The molecule has 1 amide bonds. The first-order chi connectivity index (χ1) is 16.7. The van der Waals surface area contributed by atoms with Gasteiger partial charge in [0.05, 0.1) is 23.6 Å². The summed E-state index contributed by atoms with van der Waals surface area (Å²) in [4.78, 5) is 24.9. The van der Waals surface area contributed by atoms with E-state index in [1.54, 1.807) is 0 Å². The van der Waals surface area contributed by atoms with Crippen molar-refractivity contribution in [2.24, 2.45) is 0 Å². The summed E-state index contributed by atoms with van der Waals surface area (Å²) in [6.07, 6.45) is 1.83. The number of thiophene rings is 1. The van der Waals surface area contributed by atoms with Crippen LogP contribution in [0.25, 0.3) is 32.1 Å². The number of rotatable bonds is 4.